The Kier molecular flexibility index (Phi) is 5.58. The quantitative estimate of drug-likeness (QED) is 0.868. The zero-order valence-electron chi connectivity index (χ0n) is 13.0. The van der Waals surface area contributed by atoms with Crippen LogP contribution in [0.15, 0.2) is 24.3 Å². The molecule has 1 heterocycles. The Morgan fingerprint density at radius 2 is 2.05 bits per heavy atom. The minimum absolute atomic E-state index is 0.110. The SMILES string of the molecule is CCN(CC1CCCO1)C(c1ccc(C)cc1)C(C)N. The second kappa shape index (κ2) is 7.21. The van der Waals surface area contributed by atoms with Gasteiger partial charge in [-0.05, 0) is 38.8 Å². The molecule has 0 aromatic heterocycles. The molecule has 1 aliphatic rings. The van der Waals surface area contributed by atoms with Gasteiger partial charge in [0.2, 0.25) is 0 Å². The normalized spacial score (nSPS) is 22.1. The van der Waals surface area contributed by atoms with Crippen molar-refractivity contribution in [1.29, 1.82) is 0 Å². The fraction of sp³-hybridized carbons (Fsp3) is 0.647. The number of hydrogen-bond acceptors (Lipinski definition) is 3. The van der Waals surface area contributed by atoms with E-state index in [9.17, 15) is 0 Å². The summed E-state index contributed by atoms with van der Waals surface area (Å²) in [6, 6.07) is 9.14. The lowest BCUT2D eigenvalue weighted by Gasteiger charge is -2.35. The molecular weight excluding hydrogens is 248 g/mol. The van der Waals surface area contributed by atoms with Crippen LogP contribution in [0, 0.1) is 6.92 Å². The Balaban J connectivity index is 2.14. The highest BCUT2D eigenvalue weighted by Gasteiger charge is 2.27. The van der Waals surface area contributed by atoms with E-state index in [1.165, 1.54) is 24.0 Å². The highest BCUT2D eigenvalue weighted by Crippen LogP contribution is 2.26. The Morgan fingerprint density at radius 1 is 1.35 bits per heavy atom. The molecule has 0 saturated carbocycles. The van der Waals surface area contributed by atoms with Gasteiger partial charge in [-0.25, -0.2) is 0 Å². The lowest BCUT2D eigenvalue weighted by atomic mass is 9.97. The molecule has 0 aliphatic carbocycles. The molecule has 2 rings (SSSR count). The summed E-state index contributed by atoms with van der Waals surface area (Å²) >= 11 is 0. The smallest absolute Gasteiger partial charge is 0.0703 e. The van der Waals surface area contributed by atoms with Crippen molar-refractivity contribution in [3.05, 3.63) is 35.4 Å². The first-order chi connectivity index (χ1) is 9.61. The van der Waals surface area contributed by atoms with E-state index < -0.39 is 0 Å². The summed E-state index contributed by atoms with van der Waals surface area (Å²) in [5.41, 5.74) is 8.88. The van der Waals surface area contributed by atoms with Gasteiger partial charge in [0.15, 0.2) is 0 Å². The van der Waals surface area contributed by atoms with E-state index in [1.54, 1.807) is 0 Å². The number of nitrogens with zero attached hydrogens (tertiary/aromatic N) is 1. The Morgan fingerprint density at radius 3 is 2.55 bits per heavy atom. The molecule has 112 valence electrons. The Hall–Kier alpha value is -0.900. The number of aryl methyl sites for hydroxylation is 1. The second-order valence-corrected chi connectivity index (χ2v) is 5.94. The van der Waals surface area contributed by atoms with Gasteiger partial charge in [0.25, 0.3) is 0 Å². The van der Waals surface area contributed by atoms with Gasteiger partial charge in [-0.15, -0.1) is 0 Å². The highest BCUT2D eigenvalue weighted by atomic mass is 16.5. The van der Waals surface area contributed by atoms with E-state index in [-0.39, 0.29) is 12.1 Å². The zero-order chi connectivity index (χ0) is 14.5. The minimum Gasteiger partial charge on any atom is -0.377 e. The van der Waals surface area contributed by atoms with Crippen LogP contribution in [-0.4, -0.2) is 36.7 Å². The summed E-state index contributed by atoms with van der Waals surface area (Å²) in [6.45, 7) is 9.32. The first-order valence-corrected chi connectivity index (χ1v) is 7.79. The fourth-order valence-corrected chi connectivity index (χ4v) is 3.10. The van der Waals surface area contributed by atoms with Crippen LogP contribution in [0.1, 0.15) is 43.9 Å². The molecule has 20 heavy (non-hydrogen) atoms. The van der Waals surface area contributed by atoms with E-state index in [0.717, 1.165) is 19.7 Å². The number of rotatable bonds is 6. The third-order valence-electron chi connectivity index (χ3n) is 4.18. The van der Waals surface area contributed by atoms with Crippen LogP contribution in [0.3, 0.4) is 0 Å². The van der Waals surface area contributed by atoms with Crippen molar-refractivity contribution < 1.29 is 4.74 Å². The van der Waals surface area contributed by atoms with Crippen LogP contribution in [0.2, 0.25) is 0 Å². The summed E-state index contributed by atoms with van der Waals surface area (Å²) < 4.78 is 5.79. The van der Waals surface area contributed by atoms with Crippen LogP contribution >= 0.6 is 0 Å². The maximum Gasteiger partial charge on any atom is 0.0703 e. The van der Waals surface area contributed by atoms with Gasteiger partial charge in [-0.1, -0.05) is 36.8 Å². The first-order valence-electron chi connectivity index (χ1n) is 7.79. The second-order valence-electron chi connectivity index (χ2n) is 5.94. The maximum absolute atomic E-state index is 6.27. The van der Waals surface area contributed by atoms with Gasteiger partial charge < -0.3 is 10.5 Å². The molecular formula is C17H28N2O. The Bertz CT molecular complexity index is 396. The van der Waals surface area contributed by atoms with Gasteiger partial charge in [-0.3, -0.25) is 4.90 Å². The van der Waals surface area contributed by atoms with E-state index in [4.69, 9.17) is 10.5 Å². The largest absolute Gasteiger partial charge is 0.377 e. The molecule has 1 saturated heterocycles. The maximum atomic E-state index is 6.27. The molecule has 1 aliphatic heterocycles. The van der Waals surface area contributed by atoms with E-state index in [1.807, 2.05) is 0 Å². The van der Waals surface area contributed by atoms with E-state index in [0.29, 0.717) is 6.10 Å². The molecule has 0 bridgehead atoms. The van der Waals surface area contributed by atoms with Crippen molar-refractivity contribution in [3.8, 4) is 0 Å². The summed E-state index contributed by atoms with van der Waals surface area (Å²) in [5.74, 6) is 0. The topological polar surface area (TPSA) is 38.5 Å². The average molecular weight is 276 g/mol. The molecule has 0 amide bonds. The molecule has 2 N–H and O–H groups in total. The van der Waals surface area contributed by atoms with Crippen molar-refractivity contribution >= 4 is 0 Å². The number of nitrogens with two attached hydrogens (primary N) is 1. The molecule has 1 aromatic carbocycles. The first kappa shape index (κ1) is 15.5. The average Bonchev–Trinajstić information content (AvgIpc) is 2.92. The molecule has 3 unspecified atom stereocenters. The van der Waals surface area contributed by atoms with Crippen molar-refractivity contribution in [2.75, 3.05) is 19.7 Å². The van der Waals surface area contributed by atoms with Crippen LogP contribution < -0.4 is 5.73 Å². The molecule has 3 nitrogen and oxygen atoms in total. The van der Waals surface area contributed by atoms with Crippen LogP contribution in [0.4, 0.5) is 0 Å². The minimum atomic E-state index is 0.110. The van der Waals surface area contributed by atoms with Gasteiger partial charge in [0.05, 0.1) is 6.10 Å². The highest BCUT2D eigenvalue weighted by molar-refractivity contribution is 5.25. The standard InChI is InChI=1S/C17H28N2O/c1-4-19(12-16-6-5-11-20-16)17(14(3)18)15-9-7-13(2)8-10-15/h7-10,14,16-17H,4-6,11-12,18H2,1-3H3. The lowest BCUT2D eigenvalue weighted by molar-refractivity contribution is 0.0546. The van der Waals surface area contributed by atoms with Crippen LogP contribution in [-0.2, 0) is 4.74 Å². The number of likely N-dealkylation sites (N-methyl/N-ethyl adjacent to an activating group) is 1. The van der Waals surface area contributed by atoms with Crippen molar-refractivity contribution in [1.82, 2.24) is 4.90 Å². The van der Waals surface area contributed by atoms with Gasteiger partial charge >= 0.3 is 0 Å². The number of ether oxygens (including phenoxy) is 1. The summed E-state index contributed by atoms with van der Waals surface area (Å²) in [5, 5.41) is 0. The van der Waals surface area contributed by atoms with Crippen molar-refractivity contribution in [3.63, 3.8) is 0 Å². The summed E-state index contributed by atoms with van der Waals surface area (Å²) in [7, 11) is 0. The lowest BCUT2D eigenvalue weighted by Crippen LogP contribution is -2.42. The predicted molar refractivity (Wildman–Crippen MR) is 83.8 cm³/mol. The Labute approximate surface area is 123 Å². The van der Waals surface area contributed by atoms with Gasteiger partial charge in [0, 0.05) is 25.2 Å². The fourth-order valence-electron chi connectivity index (χ4n) is 3.10. The number of benzene rings is 1. The van der Waals surface area contributed by atoms with E-state index >= 15 is 0 Å². The molecule has 1 fully saturated rings. The zero-order valence-corrected chi connectivity index (χ0v) is 13.0. The molecule has 0 spiro atoms. The van der Waals surface area contributed by atoms with Crippen LogP contribution in [0.25, 0.3) is 0 Å². The van der Waals surface area contributed by atoms with Gasteiger partial charge in [-0.2, -0.15) is 0 Å². The number of hydrogen-bond donors (Lipinski definition) is 1. The van der Waals surface area contributed by atoms with Gasteiger partial charge in [0.1, 0.15) is 0 Å². The summed E-state index contributed by atoms with van der Waals surface area (Å²) in [4.78, 5) is 2.46. The summed E-state index contributed by atoms with van der Waals surface area (Å²) in [6.07, 6.45) is 2.74. The monoisotopic (exact) mass is 276 g/mol. The molecule has 1 aromatic rings. The third kappa shape index (κ3) is 3.81. The van der Waals surface area contributed by atoms with E-state index in [2.05, 4.69) is 49.9 Å². The third-order valence-corrected chi connectivity index (χ3v) is 4.18. The predicted octanol–water partition coefficient (Wildman–Crippen LogP) is 2.88. The molecule has 3 atom stereocenters. The van der Waals surface area contributed by atoms with Crippen molar-refractivity contribution in [2.24, 2.45) is 5.73 Å². The van der Waals surface area contributed by atoms with Crippen LogP contribution in [0.5, 0.6) is 0 Å². The molecule has 3 heteroatoms. The molecule has 0 radical (unpaired) electrons. The van der Waals surface area contributed by atoms with Crippen molar-refractivity contribution in [2.45, 2.75) is 51.8 Å².